The van der Waals surface area contributed by atoms with E-state index >= 15 is 0 Å². The van der Waals surface area contributed by atoms with Gasteiger partial charge < -0.3 is 20.4 Å². The molecule has 5 nitrogen and oxygen atoms in total. The van der Waals surface area contributed by atoms with Crippen LogP contribution in [0.15, 0.2) is 17.7 Å². The van der Waals surface area contributed by atoms with E-state index in [1.165, 1.54) is 12.1 Å². The molecule has 4 N–H and O–H groups in total. The van der Waals surface area contributed by atoms with E-state index in [2.05, 4.69) is 0 Å². The maximum Gasteiger partial charge on any atom is 0.200 e. The third kappa shape index (κ3) is 2.47. The van der Waals surface area contributed by atoms with Crippen molar-refractivity contribution in [3.8, 4) is 17.2 Å². The molecule has 1 aromatic carbocycles. The maximum atomic E-state index is 12.8. The van der Waals surface area contributed by atoms with Gasteiger partial charge in [-0.05, 0) is 49.0 Å². The normalized spacial score (nSPS) is 35.0. The fourth-order valence-corrected chi connectivity index (χ4v) is 4.49. The highest BCUT2D eigenvalue weighted by atomic mass is 16.3. The van der Waals surface area contributed by atoms with Crippen molar-refractivity contribution < 1.29 is 25.2 Å². The molecule has 0 saturated heterocycles. The summed E-state index contributed by atoms with van der Waals surface area (Å²) in [6, 6.07) is 2.74. The van der Waals surface area contributed by atoms with Crippen molar-refractivity contribution in [1.29, 1.82) is 0 Å². The van der Waals surface area contributed by atoms with Crippen LogP contribution in [-0.4, -0.2) is 32.3 Å². The van der Waals surface area contributed by atoms with Crippen molar-refractivity contribution in [3.05, 3.63) is 23.3 Å². The highest BCUT2D eigenvalue weighted by Crippen LogP contribution is 2.53. The zero-order chi connectivity index (χ0) is 17.6. The Hall–Kier alpha value is -2.01. The number of aliphatic hydroxyl groups is 1. The number of aliphatic hydroxyl groups excluding tert-OH is 1. The number of allylic oxidation sites excluding steroid dienone is 1. The molecule has 4 atom stereocenters. The van der Waals surface area contributed by atoms with Crippen LogP contribution in [0.4, 0.5) is 0 Å². The standard InChI is InChI=1S/C19H24O5/c1-10-13-4-3-5-15(21)19(13,2)9-12(16(10)22)8-11-6-7-14(20)18(24)17(11)23/h6-8,10,13,15,20-21,23-24H,3-5,9H2,1-2H3/b12-8-/t10?,13?,15-,19-/m0/s1. The molecule has 0 radical (unpaired) electrons. The van der Waals surface area contributed by atoms with Crippen LogP contribution >= 0.6 is 0 Å². The molecular formula is C19H24O5. The first-order chi connectivity index (χ1) is 11.3. The summed E-state index contributed by atoms with van der Waals surface area (Å²) in [6.45, 7) is 3.94. The first-order valence-corrected chi connectivity index (χ1v) is 8.42. The monoisotopic (exact) mass is 332 g/mol. The van der Waals surface area contributed by atoms with Crippen molar-refractivity contribution in [2.24, 2.45) is 17.3 Å². The summed E-state index contributed by atoms with van der Waals surface area (Å²) >= 11 is 0. The van der Waals surface area contributed by atoms with E-state index in [1.807, 2.05) is 13.8 Å². The smallest absolute Gasteiger partial charge is 0.200 e. The Bertz CT molecular complexity index is 708. The number of fused-ring (bicyclic) bond motifs is 1. The van der Waals surface area contributed by atoms with Crippen molar-refractivity contribution >= 4 is 11.9 Å². The SMILES string of the molecule is CC1C(=O)/C(=C\c2ccc(O)c(O)c2O)C[C@@]2(C)C1CCC[C@@H]2O. The zero-order valence-corrected chi connectivity index (χ0v) is 14.0. The van der Waals surface area contributed by atoms with E-state index in [1.54, 1.807) is 6.08 Å². The summed E-state index contributed by atoms with van der Waals surface area (Å²) in [5, 5.41) is 39.6. The number of aromatic hydroxyl groups is 3. The molecule has 0 bridgehead atoms. The summed E-state index contributed by atoms with van der Waals surface area (Å²) in [6.07, 6.45) is 4.19. The predicted molar refractivity (Wildman–Crippen MR) is 89.7 cm³/mol. The molecule has 2 fully saturated rings. The second-order valence-electron chi connectivity index (χ2n) is 7.43. The van der Waals surface area contributed by atoms with Gasteiger partial charge in [0.05, 0.1) is 6.10 Å². The number of rotatable bonds is 1. The molecule has 24 heavy (non-hydrogen) atoms. The Morgan fingerprint density at radius 3 is 2.58 bits per heavy atom. The topological polar surface area (TPSA) is 98.0 Å². The molecule has 2 aliphatic carbocycles. The van der Waals surface area contributed by atoms with Gasteiger partial charge in [-0.25, -0.2) is 0 Å². The maximum absolute atomic E-state index is 12.8. The van der Waals surface area contributed by atoms with Crippen LogP contribution in [-0.2, 0) is 4.79 Å². The predicted octanol–water partition coefficient (Wildman–Crippen LogP) is 2.96. The van der Waals surface area contributed by atoms with Gasteiger partial charge in [0.25, 0.3) is 0 Å². The second kappa shape index (κ2) is 5.81. The van der Waals surface area contributed by atoms with Crippen LogP contribution in [0.25, 0.3) is 6.08 Å². The number of hydrogen-bond donors (Lipinski definition) is 4. The molecule has 0 aliphatic heterocycles. The molecule has 2 unspecified atom stereocenters. The van der Waals surface area contributed by atoms with Crippen LogP contribution in [0.3, 0.4) is 0 Å². The van der Waals surface area contributed by atoms with E-state index in [0.29, 0.717) is 12.0 Å². The number of carbonyl (C=O) groups is 1. The van der Waals surface area contributed by atoms with Gasteiger partial charge in [-0.1, -0.05) is 20.3 Å². The van der Waals surface area contributed by atoms with Gasteiger partial charge in [0.15, 0.2) is 17.3 Å². The average Bonchev–Trinajstić information content (AvgIpc) is 2.55. The van der Waals surface area contributed by atoms with Gasteiger partial charge in [-0.3, -0.25) is 4.79 Å². The van der Waals surface area contributed by atoms with Gasteiger partial charge in [-0.15, -0.1) is 0 Å². The first-order valence-electron chi connectivity index (χ1n) is 8.42. The zero-order valence-electron chi connectivity index (χ0n) is 14.0. The molecule has 2 aliphatic rings. The minimum atomic E-state index is -0.595. The Labute approximate surface area is 141 Å². The summed E-state index contributed by atoms with van der Waals surface area (Å²) in [7, 11) is 0. The Balaban J connectivity index is 2.02. The number of phenolic OH excluding ortho intramolecular Hbond substituents is 3. The van der Waals surface area contributed by atoms with Gasteiger partial charge >= 0.3 is 0 Å². The molecule has 0 aromatic heterocycles. The van der Waals surface area contributed by atoms with Crippen LogP contribution in [0.1, 0.15) is 45.1 Å². The van der Waals surface area contributed by atoms with E-state index in [4.69, 9.17) is 0 Å². The average molecular weight is 332 g/mol. The van der Waals surface area contributed by atoms with Gasteiger partial charge in [0.2, 0.25) is 5.75 Å². The lowest BCUT2D eigenvalue weighted by molar-refractivity contribution is -0.133. The Morgan fingerprint density at radius 2 is 1.88 bits per heavy atom. The Morgan fingerprint density at radius 1 is 1.17 bits per heavy atom. The van der Waals surface area contributed by atoms with Crippen LogP contribution < -0.4 is 0 Å². The van der Waals surface area contributed by atoms with E-state index in [0.717, 1.165) is 19.3 Å². The lowest BCUT2D eigenvalue weighted by Gasteiger charge is -2.51. The fourth-order valence-electron chi connectivity index (χ4n) is 4.49. The van der Waals surface area contributed by atoms with Gasteiger partial charge in [-0.2, -0.15) is 0 Å². The quantitative estimate of drug-likeness (QED) is 0.468. The van der Waals surface area contributed by atoms with Crippen LogP contribution in [0.5, 0.6) is 17.2 Å². The van der Waals surface area contributed by atoms with Crippen LogP contribution in [0, 0.1) is 17.3 Å². The number of Topliss-reactive ketones (excluding diaryl/α,β-unsaturated/α-hetero) is 1. The van der Waals surface area contributed by atoms with Crippen molar-refractivity contribution in [2.45, 2.75) is 45.6 Å². The summed E-state index contributed by atoms with van der Waals surface area (Å²) in [5.41, 5.74) is 0.474. The lowest BCUT2D eigenvalue weighted by atomic mass is 9.54. The number of benzene rings is 1. The lowest BCUT2D eigenvalue weighted by Crippen LogP contribution is -2.51. The molecule has 3 rings (SSSR count). The molecule has 2 saturated carbocycles. The minimum Gasteiger partial charge on any atom is -0.504 e. The first kappa shape index (κ1) is 16.8. The van der Waals surface area contributed by atoms with Crippen molar-refractivity contribution in [3.63, 3.8) is 0 Å². The summed E-state index contributed by atoms with van der Waals surface area (Å²) in [4.78, 5) is 12.8. The number of hydrogen-bond acceptors (Lipinski definition) is 5. The minimum absolute atomic E-state index is 0.0264. The van der Waals surface area contributed by atoms with Crippen molar-refractivity contribution in [1.82, 2.24) is 0 Å². The molecule has 0 heterocycles. The molecule has 5 heteroatoms. The van der Waals surface area contributed by atoms with Gasteiger partial charge in [0.1, 0.15) is 0 Å². The molecule has 130 valence electrons. The number of phenols is 3. The molecule has 0 amide bonds. The van der Waals surface area contributed by atoms with E-state index in [-0.39, 0.29) is 28.6 Å². The Kier molecular flexibility index (Phi) is 4.08. The molecule has 0 spiro atoms. The van der Waals surface area contributed by atoms with Gasteiger partial charge in [0, 0.05) is 16.9 Å². The third-order valence-corrected chi connectivity index (χ3v) is 6.00. The van der Waals surface area contributed by atoms with E-state index < -0.39 is 23.4 Å². The number of ketones is 1. The molecule has 1 aromatic rings. The van der Waals surface area contributed by atoms with E-state index in [9.17, 15) is 25.2 Å². The summed E-state index contributed by atoms with van der Waals surface area (Å²) < 4.78 is 0. The largest absolute Gasteiger partial charge is 0.504 e. The van der Waals surface area contributed by atoms with Crippen LogP contribution in [0.2, 0.25) is 0 Å². The second-order valence-corrected chi connectivity index (χ2v) is 7.43. The fraction of sp³-hybridized carbons (Fsp3) is 0.526. The third-order valence-electron chi connectivity index (χ3n) is 6.00. The highest BCUT2D eigenvalue weighted by molar-refractivity contribution is 6.02. The van der Waals surface area contributed by atoms with Crippen molar-refractivity contribution in [2.75, 3.05) is 0 Å². The number of carbonyl (C=O) groups excluding carboxylic acids is 1. The highest BCUT2D eigenvalue weighted by Gasteiger charge is 2.51. The molecular weight excluding hydrogens is 308 g/mol. The summed E-state index contributed by atoms with van der Waals surface area (Å²) in [5.74, 6) is -1.45.